The van der Waals surface area contributed by atoms with E-state index in [4.69, 9.17) is 10.5 Å². The van der Waals surface area contributed by atoms with Crippen LogP contribution in [-0.2, 0) is 11.2 Å². The summed E-state index contributed by atoms with van der Waals surface area (Å²) in [6.45, 7) is 2.48. The molecule has 94 valence electrons. The highest BCUT2D eigenvalue weighted by Crippen LogP contribution is 2.30. The third kappa shape index (κ3) is 3.79. The number of aromatic nitrogens is 1. The van der Waals surface area contributed by atoms with E-state index >= 15 is 0 Å². The zero-order valence-corrected chi connectivity index (χ0v) is 10.3. The molecule has 0 bridgehead atoms. The van der Waals surface area contributed by atoms with Crippen molar-refractivity contribution >= 4 is 0 Å². The van der Waals surface area contributed by atoms with Gasteiger partial charge >= 0.3 is 0 Å². The summed E-state index contributed by atoms with van der Waals surface area (Å²) >= 11 is 0. The second-order valence-corrected chi connectivity index (χ2v) is 4.87. The van der Waals surface area contributed by atoms with Crippen molar-refractivity contribution in [2.75, 3.05) is 19.8 Å². The SMILES string of the molecule is NCC1CCCC1COCCc1cccnc1. The minimum Gasteiger partial charge on any atom is -0.381 e. The van der Waals surface area contributed by atoms with Crippen LogP contribution in [-0.4, -0.2) is 24.7 Å². The van der Waals surface area contributed by atoms with E-state index in [-0.39, 0.29) is 0 Å². The molecule has 0 aliphatic heterocycles. The van der Waals surface area contributed by atoms with E-state index in [0.29, 0.717) is 11.8 Å². The van der Waals surface area contributed by atoms with Crippen LogP contribution in [0.25, 0.3) is 0 Å². The lowest BCUT2D eigenvalue weighted by Gasteiger charge is -2.17. The molecule has 1 fully saturated rings. The summed E-state index contributed by atoms with van der Waals surface area (Å²) in [5.74, 6) is 1.38. The number of nitrogens with two attached hydrogens (primary N) is 1. The topological polar surface area (TPSA) is 48.1 Å². The maximum atomic E-state index is 5.77. The molecule has 1 aromatic heterocycles. The standard InChI is InChI=1S/C14H22N2O/c15-9-13-4-1-5-14(13)11-17-8-6-12-3-2-7-16-10-12/h2-3,7,10,13-14H,1,4-6,8-9,11,15H2. The maximum Gasteiger partial charge on any atom is 0.0507 e. The molecule has 2 rings (SSSR count). The average molecular weight is 234 g/mol. The Morgan fingerprint density at radius 2 is 2.24 bits per heavy atom. The van der Waals surface area contributed by atoms with Gasteiger partial charge in [0.1, 0.15) is 0 Å². The van der Waals surface area contributed by atoms with E-state index in [2.05, 4.69) is 11.1 Å². The van der Waals surface area contributed by atoms with Crippen LogP contribution in [0.2, 0.25) is 0 Å². The van der Waals surface area contributed by atoms with Crippen LogP contribution in [0, 0.1) is 11.8 Å². The Kier molecular flexibility index (Phi) is 4.95. The van der Waals surface area contributed by atoms with Crippen LogP contribution in [0.5, 0.6) is 0 Å². The Bertz CT molecular complexity index is 315. The van der Waals surface area contributed by atoms with E-state index in [0.717, 1.165) is 26.2 Å². The molecule has 2 atom stereocenters. The molecule has 1 saturated carbocycles. The molecule has 0 saturated heterocycles. The molecule has 1 aromatic rings. The minimum absolute atomic E-state index is 0.688. The van der Waals surface area contributed by atoms with E-state index in [9.17, 15) is 0 Å². The van der Waals surface area contributed by atoms with Gasteiger partial charge in [-0.3, -0.25) is 4.98 Å². The fourth-order valence-electron chi connectivity index (χ4n) is 2.61. The zero-order valence-electron chi connectivity index (χ0n) is 10.3. The molecular weight excluding hydrogens is 212 g/mol. The molecule has 17 heavy (non-hydrogen) atoms. The van der Waals surface area contributed by atoms with Gasteiger partial charge in [-0.15, -0.1) is 0 Å². The van der Waals surface area contributed by atoms with Gasteiger partial charge in [-0.05, 0) is 49.3 Å². The first kappa shape index (κ1) is 12.5. The number of rotatable bonds is 6. The highest BCUT2D eigenvalue weighted by molar-refractivity contribution is 5.08. The molecule has 1 aliphatic rings. The van der Waals surface area contributed by atoms with Crippen molar-refractivity contribution in [3.8, 4) is 0 Å². The Hall–Kier alpha value is -0.930. The van der Waals surface area contributed by atoms with Crippen molar-refractivity contribution < 1.29 is 4.74 Å². The molecule has 0 amide bonds. The summed E-state index contributed by atoms with van der Waals surface area (Å²) in [7, 11) is 0. The Labute approximate surface area is 103 Å². The Balaban J connectivity index is 1.63. The minimum atomic E-state index is 0.688. The van der Waals surface area contributed by atoms with Gasteiger partial charge in [0.05, 0.1) is 6.61 Å². The van der Waals surface area contributed by atoms with Crippen LogP contribution in [0.3, 0.4) is 0 Å². The summed E-state index contributed by atoms with van der Waals surface area (Å²) in [6.07, 6.45) is 8.55. The fourth-order valence-corrected chi connectivity index (χ4v) is 2.61. The van der Waals surface area contributed by atoms with Crippen LogP contribution >= 0.6 is 0 Å². The smallest absolute Gasteiger partial charge is 0.0507 e. The van der Waals surface area contributed by atoms with Crippen LogP contribution in [0.1, 0.15) is 24.8 Å². The van der Waals surface area contributed by atoms with Crippen molar-refractivity contribution in [3.05, 3.63) is 30.1 Å². The van der Waals surface area contributed by atoms with Gasteiger partial charge in [-0.1, -0.05) is 12.5 Å². The first-order valence-corrected chi connectivity index (χ1v) is 6.57. The first-order chi connectivity index (χ1) is 8.40. The highest BCUT2D eigenvalue weighted by Gasteiger charge is 2.25. The molecule has 0 radical (unpaired) electrons. The third-order valence-corrected chi connectivity index (χ3v) is 3.71. The lowest BCUT2D eigenvalue weighted by Crippen LogP contribution is -2.22. The number of hydrogen-bond donors (Lipinski definition) is 1. The normalized spacial score (nSPS) is 24.1. The van der Waals surface area contributed by atoms with Gasteiger partial charge in [0.25, 0.3) is 0 Å². The van der Waals surface area contributed by atoms with E-state index in [1.165, 1.54) is 24.8 Å². The monoisotopic (exact) mass is 234 g/mol. The Morgan fingerprint density at radius 1 is 1.35 bits per heavy atom. The maximum absolute atomic E-state index is 5.77. The quantitative estimate of drug-likeness (QED) is 0.766. The van der Waals surface area contributed by atoms with E-state index in [1.807, 2.05) is 12.3 Å². The Morgan fingerprint density at radius 3 is 3.00 bits per heavy atom. The fraction of sp³-hybridized carbons (Fsp3) is 0.643. The zero-order chi connectivity index (χ0) is 11.9. The predicted molar refractivity (Wildman–Crippen MR) is 68.6 cm³/mol. The van der Waals surface area contributed by atoms with Gasteiger partial charge in [0.2, 0.25) is 0 Å². The van der Waals surface area contributed by atoms with Crippen molar-refractivity contribution in [1.82, 2.24) is 4.98 Å². The van der Waals surface area contributed by atoms with Crippen molar-refractivity contribution in [3.63, 3.8) is 0 Å². The summed E-state index contributed by atoms with van der Waals surface area (Å²) in [6, 6.07) is 4.06. The second-order valence-electron chi connectivity index (χ2n) is 4.87. The van der Waals surface area contributed by atoms with Crippen LogP contribution in [0.4, 0.5) is 0 Å². The first-order valence-electron chi connectivity index (χ1n) is 6.57. The van der Waals surface area contributed by atoms with E-state index < -0.39 is 0 Å². The van der Waals surface area contributed by atoms with Crippen LogP contribution < -0.4 is 5.73 Å². The summed E-state index contributed by atoms with van der Waals surface area (Å²) in [4.78, 5) is 4.09. The average Bonchev–Trinajstić information content (AvgIpc) is 2.83. The molecule has 0 aromatic carbocycles. The lowest BCUT2D eigenvalue weighted by atomic mass is 9.97. The van der Waals surface area contributed by atoms with Crippen molar-refractivity contribution in [2.45, 2.75) is 25.7 Å². The predicted octanol–water partition coefficient (Wildman–Crippen LogP) is 2.02. The summed E-state index contributed by atoms with van der Waals surface area (Å²) < 4.78 is 5.77. The number of hydrogen-bond acceptors (Lipinski definition) is 3. The lowest BCUT2D eigenvalue weighted by molar-refractivity contribution is 0.0891. The molecule has 3 heteroatoms. The van der Waals surface area contributed by atoms with Gasteiger partial charge in [0, 0.05) is 19.0 Å². The molecule has 2 unspecified atom stereocenters. The molecule has 3 nitrogen and oxygen atoms in total. The molecule has 2 N–H and O–H groups in total. The van der Waals surface area contributed by atoms with E-state index in [1.54, 1.807) is 6.20 Å². The number of nitrogens with zero attached hydrogens (tertiary/aromatic N) is 1. The van der Waals surface area contributed by atoms with Gasteiger partial charge in [-0.2, -0.15) is 0 Å². The van der Waals surface area contributed by atoms with Gasteiger partial charge in [-0.25, -0.2) is 0 Å². The van der Waals surface area contributed by atoms with Gasteiger partial charge in [0.15, 0.2) is 0 Å². The molecule has 1 heterocycles. The second kappa shape index (κ2) is 6.72. The number of ether oxygens (including phenoxy) is 1. The summed E-state index contributed by atoms with van der Waals surface area (Å²) in [5, 5.41) is 0. The van der Waals surface area contributed by atoms with Gasteiger partial charge < -0.3 is 10.5 Å². The summed E-state index contributed by atoms with van der Waals surface area (Å²) in [5.41, 5.74) is 7.00. The van der Waals surface area contributed by atoms with Crippen LogP contribution in [0.15, 0.2) is 24.5 Å². The molecule has 0 spiro atoms. The molecular formula is C14H22N2O. The molecule has 1 aliphatic carbocycles. The van der Waals surface area contributed by atoms with Crippen molar-refractivity contribution in [2.24, 2.45) is 17.6 Å². The third-order valence-electron chi connectivity index (χ3n) is 3.71. The van der Waals surface area contributed by atoms with Crippen molar-refractivity contribution in [1.29, 1.82) is 0 Å². The highest BCUT2D eigenvalue weighted by atomic mass is 16.5. The largest absolute Gasteiger partial charge is 0.381 e. The number of pyridine rings is 1.